The molecule has 0 aromatic carbocycles. The average Bonchev–Trinajstić information content (AvgIpc) is 2.15. The van der Waals surface area contributed by atoms with Crippen LogP contribution in [0, 0.1) is 0 Å². The Bertz CT molecular complexity index is 152. The highest BCUT2D eigenvalue weighted by molar-refractivity contribution is 5.76. The maximum Gasteiger partial charge on any atom is 0.219 e. The third-order valence-electron chi connectivity index (χ3n) is 1.05. The van der Waals surface area contributed by atoms with Gasteiger partial charge in [-0.05, 0) is 0 Å². The van der Waals surface area contributed by atoms with Crippen LogP contribution >= 0.6 is 0 Å². The molecular formula is C8H20N4O. The van der Waals surface area contributed by atoms with E-state index in [4.69, 9.17) is 11.5 Å². The summed E-state index contributed by atoms with van der Waals surface area (Å²) < 4.78 is 0. The second kappa shape index (κ2) is 10.7. The monoisotopic (exact) mass is 188 g/mol. The molecule has 5 nitrogen and oxygen atoms in total. The van der Waals surface area contributed by atoms with Crippen LogP contribution in [0.15, 0.2) is 4.99 Å². The Balaban J connectivity index is 0. The average molecular weight is 188 g/mol. The van der Waals surface area contributed by atoms with Crippen LogP contribution in [0.5, 0.6) is 0 Å². The summed E-state index contributed by atoms with van der Waals surface area (Å²) in [5.41, 5.74) is 10.1. The molecule has 0 aliphatic heterocycles. The first-order valence-corrected chi connectivity index (χ1v) is 4.49. The van der Waals surface area contributed by atoms with Gasteiger partial charge < -0.3 is 16.8 Å². The Hall–Kier alpha value is -1.26. The standard InChI is InChI=1S/C6H14N4O.C2H6/c1-2-5(11)9-3-4-10-6(7)8;1-2/h2-4H2,1H3,(H,9,11)(H4,7,8,10);1-2H3. The van der Waals surface area contributed by atoms with Crippen LogP contribution in [0.4, 0.5) is 0 Å². The Morgan fingerprint density at radius 3 is 2.31 bits per heavy atom. The maximum absolute atomic E-state index is 10.6. The minimum absolute atomic E-state index is 0.00999. The van der Waals surface area contributed by atoms with E-state index < -0.39 is 0 Å². The molecule has 78 valence electrons. The fraction of sp³-hybridized carbons (Fsp3) is 0.750. The van der Waals surface area contributed by atoms with E-state index in [1.165, 1.54) is 0 Å². The van der Waals surface area contributed by atoms with Gasteiger partial charge in [0, 0.05) is 13.0 Å². The summed E-state index contributed by atoms with van der Waals surface area (Å²) >= 11 is 0. The van der Waals surface area contributed by atoms with Crippen molar-refractivity contribution in [3.8, 4) is 0 Å². The number of carbonyl (C=O) groups is 1. The summed E-state index contributed by atoms with van der Waals surface area (Å²) in [5, 5.41) is 2.63. The lowest BCUT2D eigenvalue weighted by molar-refractivity contribution is -0.120. The first-order chi connectivity index (χ1) is 6.16. The quantitative estimate of drug-likeness (QED) is 0.324. The lowest BCUT2D eigenvalue weighted by Gasteiger charge is -1.99. The third kappa shape index (κ3) is 13.7. The van der Waals surface area contributed by atoms with E-state index in [0.29, 0.717) is 19.5 Å². The summed E-state index contributed by atoms with van der Waals surface area (Å²) in [7, 11) is 0. The van der Waals surface area contributed by atoms with E-state index >= 15 is 0 Å². The zero-order valence-corrected chi connectivity index (χ0v) is 8.63. The van der Waals surface area contributed by atoms with Gasteiger partial charge in [0.1, 0.15) is 0 Å². The van der Waals surface area contributed by atoms with Gasteiger partial charge in [-0.15, -0.1) is 0 Å². The normalized spacial score (nSPS) is 7.92. The topological polar surface area (TPSA) is 93.5 Å². The van der Waals surface area contributed by atoms with E-state index in [1.807, 2.05) is 13.8 Å². The van der Waals surface area contributed by atoms with Gasteiger partial charge in [-0.3, -0.25) is 9.79 Å². The van der Waals surface area contributed by atoms with Crippen molar-refractivity contribution in [2.24, 2.45) is 16.5 Å². The molecule has 5 N–H and O–H groups in total. The van der Waals surface area contributed by atoms with Crippen LogP contribution in [-0.2, 0) is 4.79 Å². The van der Waals surface area contributed by atoms with Gasteiger partial charge in [-0.25, -0.2) is 0 Å². The number of rotatable bonds is 4. The molecule has 0 radical (unpaired) electrons. The summed E-state index contributed by atoms with van der Waals surface area (Å²) in [6.07, 6.45) is 0.488. The number of carbonyl (C=O) groups excluding carboxylic acids is 1. The summed E-state index contributed by atoms with van der Waals surface area (Å²) in [5.74, 6) is 0.0616. The van der Waals surface area contributed by atoms with E-state index in [0.717, 1.165) is 0 Å². The van der Waals surface area contributed by atoms with Crippen molar-refractivity contribution in [3.05, 3.63) is 0 Å². The summed E-state index contributed by atoms with van der Waals surface area (Å²) in [6, 6.07) is 0. The van der Waals surface area contributed by atoms with Crippen molar-refractivity contribution in [2.45, 2.75) is 27.2 Å². The molecule has 0 fully saturated rings. The van der Waals surface area contributed by atoms with Crippen molar-refractivity contribution in [1.29, 1.82) is 0 Å². The van der Waals surface area contributed by atoms with Gasteiger partial charge in [0.25, 0.3) is 0 Å². The van der Waals surface area contributed by atoms with E-state index in [1.54, 1.807) is 6.92 Å². The smallest absolute Gasteiger partial charge is 0.219 e. The van der Waals surface area contributed by atoms with Gasteiger partial charge in [0.15, 0.2) is 5.96 Å². The highest BCUT2D eigenvalue weighted by Crippen LogP contribution is 1.74. The van der Waals surface area contributed by atoms with Crippen LogP contribution < -0.4 is 16.8 Å². The van der Waals surface area contributed by atoms with Gasteiger partial charge in [0.2, 0.25) is 5.91 Å². The zero-order chi connectivity index (χ0) is 10.7. The first-order valence-electron chi connectivity index (χ1n) is 4.49. The van der Waals surface area contributed by atoms with Crippen LogP contribution in [0.1, 0.15) is 27.2 Å². The molecule has 0 aliphatic carbocycles. The van der Waals surface area contributed by atoms with Gasteiger partial charge in [-0.1, -0.05) is 20.8 Å². The SMILES string of the molecule is CC.CCC(=O)NCCN=C(N)N. The van der Waals surface area contributed by atoms with Crippen LogP contribution in [0.2, 0.25) is 0 Å². The summed E-state index contributed by atoms with van der Waals surface area (Å²) in [4.78, 5) is 14.3. The largest absolute Gasteiger partial charge is 0.370 e. The summed E-state index contributed by atoms with van der Waals surface area (Å²) in [6.45, 7) is 6.72. The molecule has 0 bridgehead atoms. The first kappa shape index (κ1) is 14.3. The Labute approximate surface area is 79.6 Å². The molecule has 0 spiro atoms. The van der Waals surface area contributed by atoms with Crippen LogP contribution in [-0.4, -0.2) is 25.0 Å². The van der Waals surface area contributed by atoms with Gasteiger partial charge in [-0.2, -0.15) is 0 Å². The van der Waals surface area contributed by atoms with Gasteiger partial charge >= 0.3 is 0 Å². The molecule has 0 aromatic heterocycles. The third-order valence-corrected chi connectivity index (χ3v) is 1.05. The molecule has 0 unspecified atom stereocenters. The number of amides is 1. The second-order valence-corrected chi connectivity index (χ2v) is 2.01. The number of nitrogens with two attached hydrogens (primary N) is 2. The molecule has 0 aromatic rings. The van der Waals surface area contributed by atoms with Crippen molar-refractivity contribution in [1.82, 2.24) is 5.32 Å². The Morgan fingerprint density at radius 1 is 1.38 bits per heavy atom. The predicted molar refractivity (Wildman–Crippen MR) is 55.3 cm³/mol. The van der Waals surface area contributed by atoms with E-state index in [-0.39, 0.29) is 11.9 Å². The molecule has 0 saturated heterocycles. The second-order valence-electron chi connectivity index (χ2n) is 2.01. The number of nitrogens with one attached hydrogen (secondary N) is 1. The molecule has 0 heterocycles. The molecule has 0 rings (SSSR count). The van der Waals surface area contributed by atoms with Crippen LogP contribution in [0.25, 0.3) is 0 Å². The molecule has 13 heavy (non-hydrogen) atoms. The van der Waals surface area contributed by atoms with E-state index in [2.05, 4.69) is 10.3 Å². The fourth-order valence-corrected chi connectivity index (χ4v) is 0.505. The minimum atomic E-state index is 0.00999. The van der Waals surface area contributed by atoms with Crippen molar-refractivity contribution >= 4 is 11.9 Å². The number of hydrogen-bond acceptors (Lipinski definition) is 2. The Kier molecular flexibility index (Phi) is 11.8. The lowest BCUT2D eigenvalue weighted by atomic mass is 10.4. The molecule has 1 amide bonds. The lowest BCUT2D eigenvalue weighted by Crippen LogP contribution is -2.28. The number of nitrogens with zero attached hydrogens (tertiary/aromatic N) is 1. The number of aliphatic imine (C=N–C) groups is 1. The molecule has 0 aliphatic rings. The van der Waals surface area contributed by atoms with Gasteiger partial charge in [0.05, 0.1) is 6.54 Å². The fourth-order valence-electron chi connectivity index (χ4n) is 0.505. The highest BCUT2D eigenvalue weighted by Gasteiger charge is 1.92. The van der Waals surface area contributed by atoms with Crippen molar-refractivity contribution in [3.63, 3.8) is 0 Å². The van der Waals surface area contributed by atoms with Crippen molar-refractivity contribution < 1.29 is 4.79 Å². The molecular weight excluding hydrogens is 168 g/mol. The maximum atomic E-state index is 10.6. The highest BCUT2D eigenvalue weighted by atomic mass is 16.1. The van der Waals surface area contributed by atoms with Crippen LogP contribution in [0.3, 0.4) is 0 Å². The number of guanidine groups is 1. The van der Waals surface area contributed by atoms with E-state index in [9.17, 15) is 4.79 Å². The van der Waals surface area contributed by atoms with Crippen molar-refractivity contribution in [2.75, 3.05) is 13.1 Å². The zero-order valence-electron chi connectivity index (χ0n) is 8.63. The molecule has 5 heteroatoms. The number of hydrogen-bond donors (Lipinski definition) is 3. The minimum Gasteiger partial charge on any atom is -0.370 e. The molecule has 0 saturated carbocycles. The predicted octanol–water partition coefficient (Wildman–Crippen LogP) is -0.188. The Morgan fingerprint density at radius 2 is 1.92 bits per heavy atom. The molecule has 0 atom stereocenters.